The van der Waals surface area contributed by atoms with Gasteiger partial charge in [0.2, 0.25) is 0 Å². The molecule has 5 heteroatoms. The first kappa shape index (κ1) is 12.6. The summed E-state index contributed by atoms with van der Waals surface area (Å²) in [5.74, 6) is -0.842. The van der Waals surface area contributed by atoms with Crippen LogP contribution in [0.15, 0.2) is 35.7 Å². The number of carboxylic acids is 1. The van der Waals surface area contributed by atoms with Crippen LogP contribution in [0.2, 0.25) is 0 Å². The lowest BCUT2D eigenvalue weighted by Crippen LogP contribution is -2.32. The van der Waals surface area contributed by atoms with Crippen molar-refractivity contribution in [2.75, 3.05) is 0 Å². The van der Waals surface area contributed by atoms with E-state index in [1.54, 1.807) is 18.2 Å². The van der Waals surface area contributed by atoms with Crippen LogP contribution in [-0.4, -0.2) is 22.2 Å². The SMILES string of the molecule is N[C@@H](Cc1ccc(O)c(-c2cccs2)c1)C(=O)O. The fraction of sp³-hybridized carbons (Fsp3) is 0.154. The molecule has 0 aliphatic rings. The molecule has 1 aromatic heterocycles. The first-order chi connectivity index (χ1) is 8.58. The van der Waals surface area contributed by atoms with Crippen molar-refractivity contribution in [3.8, 4) is 16.2 Å². The minimum atomic E-state index is -1.03. The van der Waals surface area contributed by atoms with E-state index in [1.807, 2.05) is 17.5 Å². The highest BCUT2D eigenvalue weighted by Crippen LogP contribution is 2.33. The number of nitrogens with two attached hydrogens (primary N) is 1. The highest BCUT2D eigenvalue weighted by atomic mass is 32.1. The molecule has 0 spiro atoms. The van der Waals surface area contributed by atoms with Crippen LogP contribution in [0.25, 0.3) is 10.4 Å². The molecule has 2 aromatic rings. The molecule has 0 aliphatic carbocycles. The Morgan fingerprint density at radius 3 is 2.78 bits per heavy atom. The first-order valence-corrected chi connectivity index (χ1v) is 6.30. The number of phenols is 1. The largest absolute Gasteiger partial charge is 0.507 e. The van der Waals surface area contributed by atoms with Crippen molar-refractivity contribution in [2.45, 2.75) is 12.5 Å². The molecule has 0 unspecified atom stereocenters. The van der Waals surface area contributed by atoms with Crippen molar-refractivity contribution in [1.29, 1.82) is 0 Å². The summed E-state index contributed by atoms with van der Waals surface area (Å²) < 4.78 is 0. The van der Waals surface area contributed by atoms with Crippen molar-refractivity contribution in [1.82, 2.24) is 0 Å². The third-order valence-corrected chi connectivity index (χ3v) is 3.52. The van der Waals surface area contributed by atoms with Crippen LogP contribution >= 0.6 is 11.3 Å². The van der Waals surface area contributed by atoms with Gasteiger partial charge in [0, 0.05) is 10.4 Å². The van der Waals surface area contributed by atoms with Crippen molar-refractivity contribution in [3.63, 3.8) is 0 Å². The molecule has 1 aromatic carbocycles. The number of carboxylic acid groups (broad SMARTS) is 1. The summed E-state index contributed by atoms with van der Waals surface area (Å²) in [6, 6.07) is 7.92. The standard InChI is InChI=1S/C13H13NO3S/c14-10(13(16)17)7-8-3-4-11(15)9(6-8)12-2-1-5-18-12/h1-6,10,15H,7,14H2,(H,16,17)/t10-/m0/s1. The van der Waals surface area contributed by atoms with Gasteiger partial charge in [0.15, 0.2) is 0 Å². The monoisotopic (exact) mass is 263 g/mol. The van der Waals surface area contributed by atoms with Crippen molar-refractivity contribution in [2.24, 2.45) is 5.73 Å². The number of thiophene rings is 1. The van der Waals surface area contributed by atoms with Gasteiger partial charge in [-0.05, 0) is 35.6 Å². The molecule has 18 heavy (non-hydrogen) atoms. The second-order valence-corrected chi connectivity index (χ2v) is 4.93. The van der Waals surface area contributed by atoms with E-state index in [9.17, 15) is 9.90 Å². The van der Waals surface area contributed by atoms with Gasteiger partial charge in [-0.25, -0.2) is 0 Å². The summed E-state index contributed by atoms with van der Waals surface area (Å²) in [5, 5.41) is 20.5. The average molecular weight is 263 g/mol. The van der Waals surface area contributed by atoms with Gasteiger partial charge in [-0.1, -0.05) is 12.1 Å². The van der Waals surface area contributed by atoms with Crippen LogP contribution in [0.3, 0.4) is 0 Å². The van der Waals surface area contributed by atoms with Gasteiger partial charge in [0.25, 0.3) is 0 Å². The number of aromatic hydroxyl groups is 1. The first-order valence-electron chi connectivity index (χ1n) is 5.42. The number of hydrogen-bond donors (Lipinski definition) is 3. The van der Waals surface area contributed by atoms with Gasteiger partial charge >= 0.3 is 5.97 Å². The highest BCUT2D eigenvalue weighted by Gasteiger charge is 2.14. The van der Waals surface area contributed by atoms with Crippen LogP contribution in [-0.2, 0) is 11.2 Å². The van der Waals surface area contributed by atoms with E-state index in [1.165, 1.54) is 11.3 Å². The second kappa shape index (κ2) is 5.20. The summed E-state index contributed by atoms with van der Waals surface area (Å²) in [5.41, 5.74) is 7.00. The number of rotatable bonds is 4. The molecule has 94 valence electrons. The zero-order chi connectivity index (χ0) is 13.1. The second-order valence-electron chi connectivity index (χ2n) is 3.98. The Hall–Kier alpha value is -1.85. The molecule has 0 saturated carbocycles. The maximum absolute atomic E-state index is 10.7. The summed E-state index contributed by atoms with van der Waals surface area (Å²) in [6.45, 7) is 0. The highest BCUT2D eigenvalue weighted by molar-refractivity contribution is 7.13. The van der Waals surface area contributed by atoms with Crippen LogP contribution in [0.1, 0.15) is 5.56 Å². The molecule has 0 amide bonds. The molecule has 0 aliphatic heterocycles. The molecule has 0 radical (unpaired) electrons. The Bertz CT molecular complexity index is 551. The van der Waals surface area contributed by atoms with E-state index in [0.717, 1.165) is 10.4 Å². The Labute approximate surface area is 108 Å². The van der Waals surface area contributed by atoms with Crippen molar-refractivity contribution < 1.29 is 15.0 Å². The number of carbonyl (C=O) groups is 1. The Kier molecular flexibility index (Phi) is 3.64. The number of benzene rings is 1. The van der Waals surface area contributed by atoms with E-state index in [-0.39, 0.29) is 12.2 Å². The smallest absolute Gasteiger partial charge is 0.320 e. The lowest BCUT2D eigenvalue weighted by atomic mass is 10.0. The van der Waals surface area contributed by atoms with Gasteiger partial charge < -0.3 is 15.9 Å². The average Bonchev–Trinajstić information content (AvgIpc) is 2.85. The summed E-state index contributed by atoms with van der Waals surface area (Å²) >= 11 is 1.52. The van der Waals surface area contributed by atoms with E-state index in [0.29, 0.717) is 5.56 Å². The topological polar surface area (TPSA) is 83.5 Å². The third-order valence-electron chi connectivity index (χ3n) is 2.62. The molecule has 4 N–H and O–H groups in total. The molecular weight excluding hydrogens is 250 g/mol. The maximum Gasteiger partial charge on any atom is 0.320 e. The number of hydrogen-bond acceptors (Lipinski definition) is 4. The third kappa shape index (κ3) is 2.69. The lowest BCUT2D eigenvalue weighted by molar-refractivity contribution is -0.138. The fourth-order valence-electron chi connectivity index (χ4n) is 1.68. The molecular formula is C13H13NO3S. The normalized spacial score (nSPS) is 12.3. The summed E-state index contributed by atoms with van der Waals surface area (Å²) in [6.07, 6.45) is 0.244. The van der Waals surface area contributed by atoms with Gasteiger partial charge in [0.1, 0.15) is 11.8 Å². The van der Waals surface area contributed by atoms with Gasteiger partial charge in [0.05, 0.1) is 0 Å². The van der Waals surface area contributed by atoms with Crippen LogP contribution in [0.5, 0.6) is 5.75 Å². The molecule has 4 nitrogen and oxygen atoms in total. The van der Waals surface area contributed by atoms with E-state index in [4.69, 9.17) is 10.8 Å². The minimum Gasteiger partial charge on any atom is -0.507 e. The van der Waals surface area contributed by atoms with Gasteiger partial charge in [-0.3, -0.25) is 4.79 Å². The van der Waals surface area contributed by atoms with Crippen LogP contribution in [0.4, 0.5) is 0 Å². The molecule has 2 rings (SSSR count). The Balaban J connectivity index is 2.30. The zero-order valence-corrected chi connectivity index (χ0v) is 10.4. The zero-order valence-electron chi connectivity index (χ0n) is 9.54. The summed E-state index contributed by atoms with van der Waals surface area (Å²) in [4.78, 5) is 11.7. The van der Waals surface area contributed by atoms with Crippen molar-refractivity contribution in [3.05, 3.63) is 41.3 Å². The van der Waals surface area contributed by atoms with E-state index >= 15 is 0 Å². The molecule has 0 saturated heterocycles. The van der Waals surface area contributed by atoms with Crippen molar-refractivity contribution >= 4 is 17.3 Å². The van der Waals surface area contributed by atoms with E-state index in [2.05, 4.69) is 0 Å². The van der Waals surface area contributed by atoms with Crippen LogP contribution < -0.4 is 5.73 Å². The Morgan fingerprint density at radius 1 is 1.39 bits per heavy atom. The van der Waals surface area contributed by atoms with Crippen LogP contribution in [0, 0.1) is 0 Å². The Morgan fingerprint density at radius 2 is 2.17 bits per heavy atom. The van der Waals surface area contributed by atoms with E-state index < -0.39 is 12.0 Å². The number of aliphatic carboxylic acids is 1. The molecule has 1 atom stereocenters. The predicted molar refractivity (Wildman–Crippen MR) is 70.7 cm³/mol. The number of phenolic OH excluding ortho intramolecular Hbond substituents is 1. The predicted octanol–water partition coefficient (Wildman–Crippen LogP) is 2.08. The van der Waals surface area contributed by atoms with Gasteiger partial charge in [-0.2, -0.15) is 0 Å². The lowest BCUT2D eigenvalue weighted by Gasteiger charge is -2.09. The molecule has 0 bridgehead atoms. The molecule has 1 heterocycles. The summed E-state index contributed by atoms with van der Waals surface area (Å²) in [7, 11) is 0. The molecule has 0 fully saturated rings. The maximum atomic E-state index is 10.7. The van der Waals surface area contributed by atoms with Gasteiger partial charge in [-0.15, -0.1) is 11.3 Å². The fourth-order valence-corrected chi connectivity index (χ4v) is 2.43. The quantitative estimate of drug-likeness (QED) is 0.788. The minimum absolute atomic E-state index is 0.185.